The van der Waals surface area contributed by atoms with Crippen LogP contribution in [0, 0.1) is 19.8 Å². The number of nitrogens with zero attached hydrogens (tertiary/aromatic N) is 1. The molecule has 1 aromatic carbocycles. The van der Waals surface area contributed by atoms with E-state index in [-0.39, 0.29) is 5.63 Å². The van der Waals surface area contributed by atoms with E-state index in [9.17, 15) is 4.79 Å². The van der Waals surface area contributed by atoms with Gasteiger partial charge in [-0.1, -0.05) is 19.1 Å². The van der Waals surface area contributed by atoms with Crippen LogP contribution in [0.1, 0.15) is 36.5 Å². The van der Waals surface area contributed by atoms with Crippen LogP contribution in [0.3, 0.4) is 0 Å². The van der Waals surface area contributed by atoms with E-state index < -0.39 is 0 Å². The maximum absolute atomic E-state index is 11.9. The summed E-state index contributed by atoms with van der Waals surface area (Å²) in [5.41, 5.74) is 3.84. The van der Waals surface area contributed by atoms with E-state index >= 15 is 0 Å². The van der Waals surface area contributed by atoms with E-state index in [0.717, 1.165) is 53.2 Å². The van der Waals surface area contributed by atoms with Crippen molar-refractivity contribution in [2.24, 2.45) is 5.92 Å². The maximum atomic E-state index is 11.9. The molecule has 0 bridgehead atoms. The second-order valence-corrected chi connectivity index (χ2v) is 6.46. The molecule has 0 N–H and O–H groups in total. The number of aryl methyl sites for hydroxylation is 2. The number of likely N-dealkylation sites (tertiary alicyclic amines) is 1. The zero-order chi connectivity index (χ0) is 15.0. The number of rotatable bonds is 2. The Kier molecular flexibility index (Phi) is 3.85. The quantitative estimate of drug-likeness (QED) is 0.790. The first-order valence-corrected chi connectivity index (χ1v) is 7.80. The minimum atomic E-state index is -0.240. The standard InChI is InChI=1S/C18H23NO2/c1-12-5-4-8-19(10-12)11-15-9-17(20)21-18-14(3)13(2)6-7-16(15)18/h6-7,9,12H,4-5,8,10-11H2,1-3H3/t12-/m0/s1. The summed E-state index contributed by atoms with van der Waals surface area (Å²) in [6.45, 7) is 9.46. The summed E-state index contributed by atoms with van der Waals surface area (Å²) >= 11 is 0. The van der Waals surface area contributed by atoms with Gasteiger partial charge in [-0.05, 0) is 55.8 Å². The molecule has 112 valence electrons. The second kappa shape index (κ2) is 5.64. The van der Waals surface area contributed by atoms with Gasteiger partial charge in [-0.25, -0.2) is 4.79 Å². The van der Waals surface area contributed by atoms with E-state index in [2.05, 4.69) is 24.0 Å². The molecule has 1 fully saturated rings. The highest BCUT2D eigenvalue weighted by molar-refractivity contribution is 5.83. The van der Waals surface area contributed by atoms with E-state index in [1.165, 1.54) is 12.8 Å². The highest BCUT2D eigenvalue weighted by atomic mass is 16.4. The van der Waals surface area contributed by atoms with Gasteiger partial charge in [0.1, 0.15) is 5.58 Å². The molecule has 3 heteroatoms. The van der Waals surface area contributed by atoms with E-state index in [1.54, 1.807) is 6.07 Å². The van der Waals surface area contributed by atoms with Crippen LogP contribution >= 0.6 is 0 Å². The Morgan fingerprint density at radius 3 is 2.90 bits per heavy atom. The lowest BCUT2D eigenvalue weighted by Crippen LogP contribution is -2.34. The van der Waals surface area contributed by atoms with Crippen LogP contribution in [-0.2, 0) is 6.54 Å². The van der Waals surface area contributed by atoms with Gasteiger partial charge in [0.05, 0.1) is 0 Å². The molecule has 3 rings (SSSR count). The summed E-state index contributed by atoms with van der Waals surface area (Å²) in [6, 6.07) is 5.86. The first kappa shape index (κ1) is 14.3. The van der Waals surface area contributed by atoms with Crippen molar-refractivity contribution in [2.75, 3.05) is 13.1 Å². The molecule has 21 heavy (non-hydrogen) atoms. The second-order valence-electron chi connectivity index (χ2n) is 6.46. The molecule has 0 amide bonds. The lowest BCUT2D eigenvalue weighted by atomic mass is 9.98. The van der Waals surface area contributed by atoms with Gasteiger partial charge in [0, 0.05) is 24.5 Å². The number of fused-ring (bicyclic) bond motifs is 1. The minimum Gasteiger partial charge on any atom is -0.422 e. The number of hydrogen-bond acceptors (Lipinski definition) is 3. The number of hydrogen-bond donors (Lipinski definition) is 0. The lowest BCUT2D eigenvalue weighted by molar-refractivity contribution is 0.177. The fourth-order valence-electron chi connectivity index (χ4n) is 3.33. The van der Waals surface area contributed by atoms with Crippen LogP contribution in [0.15, 0.2) is 27.4 Å². The molecule has 1 saturated heterocycles. The van der Waals surface area contributed by atoms with Crippen molar-refractivity contribution in [3.05, 3.63) is 45.3 Å². The molecular formula is C18H23NO2. The Hall–Kier alpha value is -1.61. The van der Waals surface area contributed by atoms with Gasteiger partial charge in [-0.3, -0.25) is 4.90 Å². The van der Waals surface area contributed by atoms with Crippen LogP contribution in [0.25, 0.3) is 11.0 Å². The van der Waals surface area contributed by atoms with Crippen LogP contribution in [-0.4, -0.2) is 18.0 Å². The molecule has 0 saturated carbocycles. The van der Waals surface area contributed by atoms with Gasteiger partial charge < -0.3 is 4.42 Å². The van der Waals surface area contributed by atoms with E-state index in [1.807, 2.05) is 13.8 Å². The van der Waals surface area contributed by atoms with Crippen LogP contribution in [0.4, 0.5) is 0 Å². The van der Waals surface area contributed by atoms with Crippen LogP contribution in [0.5, 0.6) is 0 Å². The third-order valence-electron chi connectivity index (χ3n) is 4.65. The van der Waals surface area contributed by atoms with Gasteiger partial charge in [0.25, 0.3) is 0 Å². The normalized spacial score (nSPS) is 20.0. The van der Waals surface area contributed by atoms with Crippen molar-refractivity contribution in [3.8, 4) is 0 Å². The Bertz CT molecular complexity index is 717. The molecule has 2 heterocycles. The highest BCUT2D eigenvalue weighted by Gasteiger charge is 2.18. The zero-order valence-electron chi connectivity index (χ0n) is 13.1. The molecule has 3 nitrogen and oxygen atoms in total. The molecule has 2 aromatic rings. The highest BCUT2D eigenvalue weighted by Crippen LogP contribution is 2.25. The SMILES string of the molecule is Cc1ccc2c(CN3CCC[C@H](C)C3)cc(=O)oc2c1C. The molecule has 1 atom stereocenters. The number of benzene rings is 1. The average Bonchev–Trinajstić information content (AvgIpc) is 2.43. The minimum absolute atomic E-state index is 0.240. The predicted octanol–water partition coefficient (Wildman–Crippen LogP) is 3.64. The van der Waals surface area contributed by atoms with Crippen LogP contribution in [0.2, 0.25) is 0 Å². The summed E-state index contributed by atoms with van der Waals surface area (Å²) in [7, 11) is 0. The fourth-order valence-corrected chi connectivity index (χ4v) is 3.33. The molecule has 0 spiro atoms. The van der Waals surface area contributed by atoms with Gasteiger partial charge in [0.2, 0.25) is 0 Å². The Balaban J connectivity index is 2.02. The Labute approximate surface area is 125 Å². The molecule has 1 aliphatic rings. The monoisotopic (exact) mass is 285 g/mol. The van der Waals surface area contributed by atoms with Crippen molar-refractivity contribution in [3.63, 3.8) is 0 Å². The van der Waals surface area contributed by atoms with Crippen LogP contribution < -0.4 is 5.63 Å². The fraction of sp³-hybridized carbons (Fsp3) is 0.500. The number of piperidine rings is 1. The first-order chi connectivity index (χ1) is 10.0. The average molecular weight is 285 g/mol. The topological polar surface area (TPSA) is 33.5 Å². The van der Waals surface area contributed by atoms with Gasteiger partial charge in [0.15, 0.2) is 0 Å². The summed E-state index contributed by atoms with van der Waals surface area (Å²) in [5.74, 6) is 0.745. The molecule has 0 radical (unpaired) electrons. The third kappa shape index (κ3) is 2.88. The molecule has 0 unspecified atom stereocenters. The van der Waals surface area contributed by atoms with Crippen molar-refractivity contribution in [2.45, 2.75) is 40.2 Å². The van der Waals surface area contributed by atoms with E-state index in [0.29, 0.717) is 0 Å². The zero-order valence-corrected chi connectivity index (χ0v) is 13.1. The largest absolute Gasteiger partial charge is 0.422 e. The van der Waals surface area contributed by atoms with Gasteiger partial charge >= 0.3 is 5.63 Å². The van der Waals surface area contributed by atoms with Gasteiger partial charge in [-0.15, -0.1) is 0 Å². The summed E-state index contributed by atoms with van der Waals surface area (Å²) < 4.78 is 5.45. The Morgan fingerprint density at radius 1 is 1.33 bits per heavy atom. The molecule has 0 aliphatic carbocycles. The van der Waals surface area contributed by atoms with Crippen molar-refractivity contribution >= 4 is 11.0 Å². The molecule has 1 aromatic heterocycles. The first-order valence-electron chi connectivity index (χ1n) is 7.80. The summed E-state index contributed by atoms with van der Waals surface area (Å²) in [6.07, 6.45) is 2.56. The molecule has 1 aliphatic heterocycles. The van der Waals surface area contributed by atoms with Gasteiger partial charge in [-0.2, -0.15) is 0 Å². The lowest BCUT2D eigenvalue weighted by Gasteiger charge is -2.31. The maximum Gasteiger partial charge on any atom is 0.336 e. The summed E-state index contributed by atoms with van der Waals surface area (Å²) in [4.78, 5) is 14.3. The predicted molar refractivity (Wildman–Crippen MR) is 85.6 cm³/mol. The third-order valence-corrected chi connectivity index (χ3v) is 4.65. The smallest absolute Gasteiger partial charge is 0.336 e. The molecular weight excluding hydrogens is 262 g/mol. The van der Waals surface area contributed by atoms with Crippen molar-refractivity contribution in [1.82, 2.24) is 4.90 Å². The Morgan fingerprint density at radius 2 is 2.14 bits per heavy atom. The van der Waals surface area contributed by atoms with Crippen molar-refractivity contribution in [1.29, 1.82) is 0 Å². The van der Waals surface area contributed by atoms with E-state index in [4.69, 9.17) is 4.42 Å². The van der Waals surface area contributed by atoms with Crippen molar-refractivity contribution < 1.29 is 4.42 Å². The summed E-state index contributed by atoms with van der Waals surface area (Å²) in [5, 5.41) is 1.08.